The van der Waals surface area contributed by atoms with Crippen LogP contribution in [0, 0.1) is 5.92 Å². The van der Waals surface area contributed by atoms with Crippen molar-refractivity contribution in [2.45, 2.75) is 26.4 Å². The van der Waals surface area contributed by atoms with Gasteiger partial charge in [-0.05, 0) is 31.5 Å². The molecule has 0 radical (unpaired) electrons. The Hall–Kier alpha value is -2.28. The number of urea groups is 2. The number of hydrogen-bond donors (Lipinski definition) is 3. The number of hydrogen-bond acceptors (Lipinski definition) is 3. The highest BCUT2D eigenvalue weighted by Crippen LogP contribution is 2.13. The van der Waals surface area contributed by atoms with Gasteiger partial charge in [0.2, 0.25) is 0 Å². The van der Waals surface area contributed by atoms with Crippen molar-refractivity contribution in [2.24, 2.45) is 11.7 Å². The van der Waals surface area contributed by atoms with Gasteiger partial charge in [-0.3, -0.25) is 4.79 Å². The number of imide groups is 1. The first-order valence-corrected chi connectivity index (χ1v) is 6.95. The molecule has 120 valence electrons. The number of primary amides is 1. The van der Waals surface area contributed by atoms with Gasteiger partial charge in [0.25, 0.3) is 0 Å². The highest BCUT2D eigenvalue weighted by atomic mass is 35.5. The van der Waals surface area contributed by atoms with E-state index in [2.05, 4.69) is 5.32 Å². The fourth-order valence-corrected chi connectivity index (χ4v) is 1.91. The largest absolute Gasteiger partial charge is 0.481 e. The molecule has 0 aliphatic rings. The minimum absolute atomic E-state index is 0.161. The number of benzene rings is 1. The predicted molar refractivity (Wildman–Crippen MR) is 81.4 cm³/mol. The lowest BCUT2D eigenvalue weighted by atomic mass is 10.0. The van der Waals surface area contributed by atoms with Crippen molar-refractivity contribution in [1.29, 1.82) is 0 Å². The zero-order chi connectivity index (χ0) is 16.9. The molecule has 22 heavy (non-hydrogen) atoms. The number of halogens is 1. The smallest absolute Gasteiger partial charge is 0.326 e. The summed E-state index contributed by atoms with van der Waals surface area (Å²) in [7, 11) is 0. The Labute approximate surface area is 133 Å². The molecule has 0 saturated carbocycles. The lowest BCUT2D eigenvalue weighted by Gasteiger charge is -2.28. The number of carboxylic acid groups (broad SMARTS) is 1. The zero-order valence-electron chi connectivity index (χ0n) is 12.2. The SMILES string of the molecule is C[C@@H](C(=O)O)[C@H](C)N(C(N)=O)C(=O)NCc1ccc(Cl)cc1. The molecule has 4 N–H and O–H groups in total. The molecule has 0 spiro atoms. The Morgan fingerprint density at radius 1 is 1.27 bits per heavy atom. The Kier molecular flexibility index (Phi) is 6.18. The van der Waals surface area contributed by atoms with Crippen molar-refractivity contribution in [1.82, 2.24) is 10.2 Å². The molecule has 0 heterocycles. The van der Waals surface area contributed by atoms with E-state index < -0.39 is 30.0 Å². The van der Waals surface area contributed by atoms with Crippen LogP contribution >= 0.6 is 11.6 Å². The van der Waals surface area contributed by atoms with E-state index in [0.29, 0.717) is 9.92 Å². The normalized spacial score (nSPS) is 13.0. The minimum Gasteiger partial charge on any atom is -0.481 e. The summed E-state index contributed by atoms with van der Waals surface area (Å²) in [6, 6.07) is 4.16. The van der Waals surface area contributed by atoms with Crippen LogP contribution in [0.5, 0.6) is 0 Å². The maximum atomic E-state index is 12.1. The molecule has 7 nitrogen and oxygen atoms in total. The molecular weight excluding hydrogens is 310 g/mol. The first kappa shape index (κ1) is 17.8. The van der Waals surface area contributed by atoms with Crippen LogP contribution in [-0.2, 0) is 11.3 Å². The molecule has 0 aliphatic heterocycles. The monoisotopic (exact) mass is 327 g/mol. The summed E-state index contributed by atoms with van der Waals surface area (Å²) >= 11 is 5.76. The van der Waals surface area contributed by atoms with Crippen LogP contribution in [0.3, 0.4) is 0 Å². The number of nitrogens with one attached hydrogen (secondary N) is 1. The number of carbonyl (C=O) groups is 3. The van der Waals surface area contributed by atoms with Crippen molar-refractivity contribution in [3.05, 3.63) is 34.9 Å². The van der Waals surface area contributed by atoms with Gasteiger partial charge in [-0.15, -0.1) is 0 Å². The summed E-state index contributed by atoms with van der Waals surface area (Å²) in [6.45, 7) is 3.01. The van der Waals surface area contributed by atoms with Crippen LogP contribution in [0.25, 0.3) is 0 Å². The van der Waals surface area contributed by atoms with Crippen molar-refractivity contribution < 1.29 is 19.5 Å². The lowest BCUT2D eigenvalue weighted by molar-refractivity contribution is -0.142. The van der Waals surface area contributed by atoms with E-state index in [1.54, 1.807) is 24.3 Å². The first-order chi connectivity index (χ1) is 10.2. The van der Waals surface area contributed by atoms with E-state index in [1.807, 2.05) is 0 Å². The van der Waals surface area contributed by atoms with Gasteiger partial charge >= 0.3 is 18.0 Å². The second-order valence-corrected chi connectivity index (χ2v) is 5.30. The number of carboxylic acids is 1. The molecule has 0 unspecified atom stereocenters. The number of nitrogens with two attached hydrogens (primary N) is 1. The third-order valence-corrected chi connectivity index (χ3v) is 3.59. The number of amides is 4. The molecule has 0 fully saturated rings. The second kappa shape index (κ2) is 7.65. The van der Waals surface area contributed by atoms with Gasteiger partial charge in [0.05, 0.1) is 12.0 Å². The minimum atomic E-state index is -1.12. The zero-order valence-corrected chi connectivity index (χ0v) is 13.0. The Bertz CT molecular complexity index is 562. The van der Waals surface area contributed by atoms with Gasteiger partial charge in [0.15, 0.2) is 0 Å². The van der Waals surface area contributed by atoms with E-state index in [-0.39, 0.29) is 6.54 Å². The van der Waals surface area contributed by atoms with Gasteiger partial charge in [0.1, 0.15) is 0 Å². The summed E-state index contributed by atoms with van der Waals surface area (Å²) in [4.78, 5) is 35.2. The van der Waals surface area contributed by atoms with Crippen molar-refractivity contribution >= 4 is 29.6 Å². The van der Waals surface area contributed by atoms with E-state index >= 15 is 0 Å². The first-order valence-electron chi connectivity index (χ1n) is 6.57. The molecule has 8 heteroatoms. The van der Waals surface area contributed by atoms with Gasteiger partial charge in [-0.2, -0.15) is 0 Å². The predicted octanol–water partition coefficient (Wildman–Crippen LogP) is 2.04. The van der Waals surface area contributed by atoms with Crippen LogP contribution in [0.15, 0.2) is 24.3 Å². The maximum Gasteiger partial charge on any atom is 0.326 e. The van der Waals surface area contributed by atoms with Crippen LogP contribution in [0.2, 0.25) is 5.02 Å². The molecule has 1 rings (SSSR count). The van der Waals surface area contributed by atoms with E-state index in [1.165, 1.54) is 13.8 Å². The van der Waals surface area contributed by atoms with Crippen molar-refractivity contribution in [3.8, 4) is 0 Å². The van der Waals surface area contributed by atoms with Crippen molar-refractivity contribution in [2.75, 3.05) is 0 Å². The molecule has 1 aromatic carbocycles. The van der Waals surface area contributed by atoms with Crippen LogP contribution in [-0.4, -0.2) is 34.1 Å². The summed E-state index contributed by atoms with van der Waals surface area (Å²) in [5.74, 6) is -2.06. The molecule has 2 atom stereocenters. The van der Waals surface area contributed by atoms with Crippen LogP contribution in [0.1, 0.15) is 19.4 Å². The highest BCUT2D eigenvalue weighted by molar-refractivity contribution is 6.30. The molecule has 1 aromatic rings. The van der Waals surface area contributed by atoms with Gasteiger partial charge < -0.3 is 16.2 Å². The summed E-state index contributed by atoms with van der Waals surface area (Å²) in [5.41, 5.74) is 5.96. The Morgan fingerprint density at radius 3 is 2.27 bits per heavy atom. The third kappa shape index (κ3) is 4.63. The maximum absolute atomic E-state index is 12.1. The average Bonchev–Trinajstić information content (AvgIpc) is 2.45. The van der Waals surface area contributed by atoms with Gasteiger partial charge in [-0.1, -0.05) is 23.7 Å². The number of nitrogens with zero attached hydrogens (tertiary/aromatic N) is 1. The standard InChI is InChI=1S/C14H18ClN3O4/c1-8(12(19)20)9(2)18(13(16)21)14(22)17-7-10-3-5-11(15)6-4-10/h3-6,8-9H,7H2,1-2H3,(H2,16,21)(H,17,22)(H,19,20)/t8-,9+/m1/s1. The lowest BCUT2D eigenvalue weighted by Crippen LogP contribution is -2.53. The summed E-state index contributed by atoms with van der Waals surface area (Å²) in [6.07, 6.45) is 0. The molecule has 0 saturated heterocycles. The van der Waals surface area contributed by atoms with Gasteiger partial charge in [-0.25, -0.2) is 14.5 Å². The van der Waals surface area contributed by atoms with Crippen LogP contribution in [0.4, 0.5) is 9.59 Å². The summed E-state index contributed by atoms with van der Waals surface area (Å²) in [5, 5.41) is 12.1. The van der Waals surface area contributed by atoms with Gasteiger partial charge in [0, 0.05) is 11.6 Å². The number of rotatable bonds is 5. The Morgan fingerprint density at radius 2 is 1.82 bits per heavy atom. The van der Waals surface area contributed by atoms with Crippen molar-refractivity contribution in [3.63, 3.8) is 0 Å². The molecule has 4 amide bonds. The number of aliphatic carboxylic acids is 1. The fourth-order valence-electron chi connectivity index (χ4n) is 1.78. The highest BCUT2D eigenvalue weighted by Gasteiger charge is 2.32. The number of carbonyl (C=O) groups excluding carboxylic acids is 2. The quantitative estimate of drug-likeness (QED) is 0.768. The van der Waals surface area contributed by atoms with E-state index in [9.17, 15) is 14.4 Å². The average molecular weight is 328 g/mol. The summed E-state index contributed by atoms with van der Waals surface area (Å²) < 4.78 is 0. The second-order valence-electron chi connectivity index (χ2n) is 4.86. The van der Waals surface area contributed by atoms with E-state index in [0.717, 1.165) is 5.56 Å². The van der Waals surface area contributed by atoms with Crippen LogP contribution < -0.4 is 11.1 Å². The fraction of sp³-hybridized carbons (Fsp3) is 0.357. The van der Waals surface area contributed by atoms with E-state index in [4.69, 9.17) is 22.4 Å². The molecule has 0 aromatic heterocycles. The Balaban J connectivity index is 2.75. The molecule has 0 aliphatic carbocycles. The third-order valence-electron chi connectivity index (χ3n) is 3.33. The molecular formula is C14H18ClN3O4. The molecule has 0 bridgehead atoms. The topological polar surface area (TPSA) is 113 Å².